The van der Waals surface area contributed by atoms with Gasteiger partial charge in [0.25, 0.3) is 0 Å². The summed E-state index contributed by atoms with van der Waals surface area (Å²) in [7, 11) is -1.91. The second-order valence-corrected chi connectivity index (χ2v) is 9.89. The SMILES string of the molecule is CNC(=O)C1CC(O)CN1C(=O)[C@@H](n1cc(CNS(C)(=O)=O)nn1)C(C)(C)C. The van der Waals surface area contributed by atoms with Crippen LogP contribution >= 0.6 is 0 Å². The highest BCUT2D eigenvalue weighted by Crippen LogP contribution is 2.34. The molecule has 1 fully saturated rings. The lowest BCUT2D eigenvalue weighted by Gasteiger charge is -2.34. The van der Waals surface area contributed by atoms with Gasteiger partial charge >= 0.3 is 0 Å². The van der Waals surface area contributed by atoms with E-state index in [2.05, 4.69) is 20.4 Å². The maximum Gasteiger partial charge on any atom is 0.248 e. The first kappa shape index (κ1) is 22.2. The predicted molar refractivity (Wildman–Crippen MR) is 100 cm³/mol. The number of aliphatic hydroxyl groups is 1. The zero-order valence-corrected chi connectivity index (χ0v) is 17.5. The summed E-state index contributed by atoms with van der Waals surface area (Å²) in [4.78, 5) is 26.9. The number of hydrogen-bond acceptors (Lipinski definition) is 7. The minimum atomic E-state index is -3.39. The number of carbonyl (C=O) groups is 2. The van der Waals surface area contributed by atoms with Crippen LogP contribution in [-0.2, 0) is 26.2 Å². The topological polar surface area (TPSA) is 147 Å². The highest BCUT2D eigenvalue weighted by Gasteiger charge is 2.44. The van der Waals surface area contributed by atoms with Crippen LogP contribution in [0.2, 0.25) is 0 Å². The second kappa shape index (κ2) is 8.13. The predicted octanol–water partition coefficient (Wildman–Crippen LogP) is -1.38. The largest absolute Gasteiger partial charge is 0.391 e. The Morgan fingerprint density at radius 3 is 2.57 bits per heavy atom. The van der Waals surface area contributed by atoms with Crippen molar-refractivity contribution in [1.29, 1.82) is 0 Å². The van der Waals surface area contributed by atoms with E-state index >= 15 is 0 Å². The highest BCUT2D eigenvalue weighted by molar-refractivity contribution is 7.88. The van der Waals surface area contributed by atoms with Gasteiger partial charge < -0.3 is 15.3 Å². The Hall–Kier alpha value is -2.05. The quantitative estimate of drug-likeness (QED) is 0.518. The van der Waals surface area contributed by atoms with E-state index in [4.69, 9.17) is 0 Å². The number of sulfonamides is 1. The Balaban J connectivity index is 2.30. The number of amides is 2. The summed E-state index contributed by atoms with van der Waals surface area (Å²) in [6, 6.07) is -1.54. The molecule has 0 spiro atoms. The van der Waals surface area contributed by atoms with Gasteiger partial charge in [-0.3, -0.25) is 9.59 Å². The van der Waals surface area contributed by atoms with Crippen LogP contribution in [0.4, 0.5) is 0 Å². The Morgan fingerprint density at radius 1 is 1.39 bits per heavy atom. The number of aliphatic hydroxyl groups excluding tert-OH is 1. The van der Waals surface area contributed by atoms with Crippen molar-refractivity contribution in [3.63, 3.8) is 0 Å². The van der Waals surface area contributed by atoms with Crippen LogP contribution in [0.15, 0.2) is 6.20 Å². The first-order chi connectivity index (χ1) is 12.8. The second-order valence-electron chi connectivity index (χ2n) is 8.06. The number of carbonyl (C=O) groups excluding carboxylic acids is 2. The molecule has 3 atom stereocenters. The van der Waals surface area contributed by atoms with Crippen molar-refractivity contribution >= 4 is 21.8 Å². The molecule has 0 aliphatic carbocycles. The fraction of sp³-hybridized carbons (Fsp3) is 0.750. The third-order valence-electron chi connectivity index (χ3n) is 4.50. The van der Waals surface area contributed by atoms with Crippen molar-refractivity contribution < 1.29 is 23.1 Å². The summed E-state index contributed by atoms with van der Waals surface area (Å²) in [6.07, 6.45) is 1.93. The summed E-state index contributed by atoms with van der Waals surface area (Å²) < 4.78 is 26.2. The maximum atomic E-state index is 13.3. The molecule has 1 aliphatic heterocycles. The summed E-state index contributed by atoms with van der Waals surface area (Å²) >= 11 is 0. The maximum absolute atomic E-state index is 13.3. The molecule has 0 bridgehead atoms. The minimum Gasteiger partial charge on any atom is -0.391 e. The van der Waals surface area contributed by atoms with E-state index in [1.54, 1.807) is 0 Å². The fourth-order valence-corrected chi connectivity index (χ4v) is 3.65. The molecule has 1 aromatic rings. The van der Waals surface area contributed by atoms with E-state index < -0.39 is 33.6 Å². The number of rotatable bonds is 6. The lowest BCUT2D eigenvalue weighted by molar-refractivity contribution is -0.144. The molecule has 2 unspecified atom stereocenters. The van der Waals surface area contributed by atoms with Crippen molar-refractivity contribution in [3.8, 4) is 0 Å². The first-order valence-electron chi connectivity index (χ1n) is 8.89. The van der Waals surface area contributed by atoms with E-state index in [0.717, 1.165) is 6.26 Å². The average Bonchev–Trinajstić information content (AvgIpc) is 3.17. The Bertz CT molecular complexity index is 831. The smallest absolute Gasteiger partial charge is 0.248 e. The number of β-amino-alcohol motifs (C(OH)–C–C–N with tert-alkyl or cyclic N) is 1. The summed E-state index contributed by atoms with van der Waals surface area (Å²) in [5, 5.41) is 20.5. The molecule has 12 heteroatoms. The number of hydrogen-bond donors (Lipinski definition) is 3. The van der Waals surface area contributed by atoms with E-state index in [1.807, 2.05) is 20.8 Å². The van der Waals surface area contributed by atoms with E-state index in [9.17, 15) is 23.1 Å². The number of nitrogens with zero attached hydrogens (tertiary/aromatic N) is 4. The van der Waals surface area contributed by atoms with Crippen LogP contribution in [0.5, 0.6) is 0 Å². The van der Waals surface area contributed by atoms with E-state index in [1.165, 1.54) is 22.8 Å². The number of aromatic nitrogens is 3. The number of nitrogens with one attached hydrogen (secondary N) is 2. The molecule has 1 aliphatic rings. The van der Waals surface area contributed by atoms with Crippen LogP contribution in [0.1, 0.15) is 38.9 Å². The molecular weight excluding hydrogens is 388 g/mol. The van der Waals surface area contributed by atoms with Gasteiger partial charge in [0.05, 0.1) is 30.8 Å². The van der Waals surface area contributed by atoms with Gasteiger partial charge in [-0.05, 0) is 5.41 Å². The summed E-state index contributed by atoms with van der Waals surface area (Å²) in [5.41, 5.74) is -0.218. The third-order valence-corrected chi connectivity index (χ3v) is 5.17. The molecule has 1 aromatic heterocycles. The number of likely N-dealkylation sites (N-methyl/N-ethyl adjacent to an activating group) is 1. The summed E-state index contributed by atoms with van der Waals surface area (Å²) in [5.74, 6) is -0.695. The first-order valence-corrected chi connectivity index (χ1v) is 10.8. The zero-order valence-electron chi connectivity index (χ0n) is 16.7. The van der Waals surface area contributed by atoms with Gasteiger partial charge in [0, 0.05) is 20.0 Å². The molecular formula is C16H28N6O5S. The van der Waals surface area contributed by atoms with Gasteiger partial charge in [-0.15, -0.1) is 5.10 Å². The minimum absolute atomic E-state index is 0.0484. The Morgan fingerprint density at radius 2 is 2.04 bits per heavy atom. The van der Waals surface area contributed by atoms with Gasteiger partial charge in [-0.1, -0.05) is 26.0 Å². The van der Waals surface area contributed by atoms with Gasteiger partial charge in [0.1, 0.15) is 12.1 Å². The average molecular weight is 417 g/mol. The van der Waals surface area contributed by atoms with E-state index in [-0.39, 0.29) is 31.3 Å². The Labute approximate surface area is 164 Å². The monoisotopic (exact) mass is 416 g/mol. The molecule has 0 radical (unpaired) electrons. The number of likely N-dealkylation sites (tertiary alicyclic amines) is 1. The van der Waals surface area contributed by atoms with Gasteiger partial charge in [-0.2, -0.15) is 0 Å². The molecule has 0 saturated carbocycles. The molecule has 158 valence electrons. The van der Waals surface area contributed by atoms with Gasteiger partial charge in [-0.25, -0.2) is 17.8 Å². The lowest BCUT2D eigenvalue weighted by Crippen LogP contribution is -2.49. The lowest BCUT2D eigenvalue weighted by atomic mass is 9.85. The Kier molecular flexibility index (Phi) is 6.46. The molecule has 2 amide bonds. The van der Waals surface area contributed by atoms with Gasteiger partial charge in [0.15, 0.2) is 0 Å². The third kappa shape index (κ3) is 5.26. The van der Waals surface area contributed by atoms with Crippen LogP contribution in [-0.4, -0.2) is 77.2 Å². The van der Waals surface area contributed by atoms with Crippen LogP contribution in [0.3, 0.4) is 0 Å². The van der Waals surface area contributed by atoms with Crippen LogP contribution in [0.25, 0.3) is 0 Å². The van der Waals surface area contributed by atoms with Crippen molar-refractivity contribution in [2.45, 2.75) is 51.9 Å². The standard InChI is InChI=1S/C16H28N6O5S/c1-16(2,3)13(22-8-10(19-20-22)7-18-28(5,26)27)15(25)21-9-11(23)6-12(21)14(24)17-4/h8,11-13,18,23H,6-7,9H2,1-5H3,(H,17,24)/t11?,12?,13-/m1/s1. The van der Waals surface area contributed by atoms with Crippen LogP contribution in [0, 0.1) is 5.41 Å². The summed E-state index contributed by atoms with van der Waals surface area (Å²) in [6.45, 7) is 5.57. The highest BCUT2D eigenvalue weighted by atomic mass is 32.2. The molecule has 2 heterocycles. The fourth-order valence-electron chi connectivity index (χ4n) is 3.24. The zero-order chi connectivity index (χ0) is 21.3. The van der Waals surface area contributed by atoms with Crippen molar-refractivity contribution in [2.75, 3.05) is 19.8 Å². The normalized spacial score (nSPS) is 21.6. The molecule has 1 saturated heterocycles. The van der Waals surface area contributed by atoms with E-state index in [0.29, 0.717) is 5.69 Å². The van der Waals surface area contributed by atoms with Crippen LogP contribution < -0.4 is 10.0 Å². The molecule has 2 rings (SSSR count). The van der Waals surface area contributed by atoms with Crippen molar-refractivity contribution in [3.05, 3.63) is 11.9 Å². The molecule has 28 heavy (non-hydrogen) atoms. The molecule has 11 nitrogen and oxygen atoms in total. The van der Waals surface area contributed by atoms with Crippen molar-refractivity contribution in [2.24, 2.45) is 5.41 Å². The van der Waals surface area contributed by atoms with Gasteiger partial charge in [0.2, 0.25) is 21.8 Å². The molecule has 0 aromatic carbocycles. The molecule has 3 N–H and O–H groups in total. The van der Waals surface area contributed by atoms with Crippen molar-refractivity contribution in [1.82, 2.24) is 29.9 Å².